The minimum Gasteiger partial charge on any atom is -0.467 e. The van der Waals surface area contributed by atoms with Crippen LogP contribution in [0.5, 0.6) is 0 Å². The van der Waals surface area contributed by atoms with E-state index in [9.17, 15) is 9.90 Å². The third-order valence-corrected chi connectivity index (χ3v) is 4.06. The van der Waals surface area contributed by atoms with E-state index in [1.807, 2.05) is 25.1 Å². The molecule has 0 bridgehead atoms. The number of aryl methyl sites for hydroxylation is 2. The first-order valence-corrected chi connectivity index (χ1v) is 8.44. The quantitative estimate of drug-likeness (QED) is 0.717. The fourth-order valence-electron chi connectivity index (χ4n) is 2.77. The zero-order valence-electron chi connectivity index (χ0n) is 14.5. The molecular weight excluding hydrogens is 304 g/mol. The van der Waals surface area contributed by atoms with Gasteiger partial charge in [0.05, 0.1) is 6.26 Å². The van der Waals surface area contributed by atoms with E-state index >= 15 is 0 Å². The van der Waals surface area contributed by atoms with Crippen molar-refractivity contribution in [3.8, 4) is 0 Å². The van der Waals surface area contributed by atoms with Crippen molar-refractivity contribution in [1.82, 2.24) is 5.32 Å². The number of hydrogen-bond acceptors (Lipinski definition) is 3. The predicted molar refractivity (Wildman–Crippen MR) is 95.1 cm³/mol. The molecule has 0 saturated heterocycles. The van der Waals surface area contributed by atoms with Crippen LogP contribution in [0, 0.1) is 0 Å². The Kier molecular flexibility index (Phi) is 6.44. The van der Waals surface area contributed by atoms with Crippen LogP contribution in [0.1, 0.15) is 50.2 Å². The van der Waals surface area contributed by atoms with E-state index in [0.29, 0.717) is 12.2 Å². The van der Waals surface area contributed by atoms with E-state index in [2.05, 4.69) is 24.5 Å². The Morgan fingerprint density at radius 1 is 1.17 bits per heavy atom. The lowest BCUT2D eigenvalue weighted by Crippen LogP contribution is -2.37. The van der Waals surface area contributed by atoms with Crippen molar-refractivity contribution < 1.29 is 14.3 Å². The summed E-state index contributed by atoms with van der Waals surface area (Å²) < 4.78 is 5.18. The summed E-state index contributed by atoms with van der Waals surface area (Å²) in [5, 5.41) is 15.9. The molecular formula is C19H26N2O3. The molecule has 1 aromatic carbocycles. The second-order valence-electron chi connectivity index (χ2n) is 5.92. The summed E-state index contributed by atoms with van der Waals surface area (Å²) >= 11 is 0. The van der Waals surface area contributed by atoms with Gasteiger partial charge in [0, 0.05) is 18.2 Å². The standard InChI is InChI=1S/C19H26N2O3/c1-4-14-8-6-9-15(5-2)18(14)21-19(23)20-13(3)12-16(22)17-10-7-11-24-17/h6-11,13,16,22H,4-5,12H2,1-3H3,(H2,20,21,23). The number of hydrogen-bond donors (Lipinski definition) is 3. The van der Waals surface area contributed by atoms with Gasteiger partial charge in [-0.1, -0.05) is 32.0 Å². The lowest BCUT2D eigenvalue weighted by Gasteiger charge is -2.19. The van der Waals surface area contributed by atoms with Gasteiger partial charge in [-0.25, -0.2) is 4.79 Å². The lowest BCUT2D eigenvalue weighted by atomic mass is 10.0. The first kappa shape index (κ1) is 18.1. The highest BCUT2D eigenvalue weighted by molar-refractivity contribution is 5.91. The van der Waals surface area contributed by atoms with Crippen LogP contribution < -0.4 is 10.6 Å². The van der Waals surface area contributed by atoms with Gasteiger partial charge in [-0.05, 0) is 43.0 Å². The SMILES string of the molecule is CCc1cccc(CC)c1NC(=O)NC(C)CC(O)c1ccco1. The molecule has 2 rings (SSSR count). The van der Waals surface area contributed by atoms with Gasteiger partial charge in [0.25, 0.3) is 0 Å². The van der Waals surface area contributed by atoms with Crippen molar-refractivity contribution in [2.24, 2.45) is 0 Å². The van der Waals surface area contributed by atoms with Crippen molar-refractivity contribution in [2.45, 2.75) is 52.2 Å². The lowest BCUT2D eigenvalue weighted by molar-refractivity contribution is 0.130. The number of anilines is 1. The monoisotopic (exact) mass is 330 g/mol. The van der Waals surface area contributed by atoms with E-state index in [1.54, 1.807) is 12.1 Å². The predicted octanol–water partition coefficient (Wildman–Crippen LogP) is 4.04. The van der Waals surface area contributed by atoms with Crippen molar-refractivity contribution >= 4 is 11.7 Å². The molecule has 130 valence electrons. The van der Waals surface area contributed by atoms with Crippen LogP contribution in [0.3, 0.4) is 0 Å². The van der Waals surface area contributed by atoms with E-state index < -0.39 is 6.10 Å². The molecule has 24 heavy (non-hydrogen) atoms. The van der Waals surface area contributed by atoms with Crippen molar-refractivity contribution in [3.05, 3.63) is 53.5 Å². The largest absolute Gasteiger partial charge is 0.467 e. The van der Waals surface area contributed by atoms with Gasteiger partial charge in [0.2, 0.25) is 0 Å². The van der Waals surface area contributed by atoms with Gasteiger partial charge < -0.3 is 20.2 Å². The molecule has 5 heteroatoms. The number of carbonyl (C=O) groups excluding carboxylic acids is 1. The first-order chi connectivity index (χ1) is 11.5. The van der Waals surface area contributed by atoms with Gasteiger partial charge in [-0.3, -0.25) is 0 Å². The number of rotatable bonds is 7. The number of amides is 2. The molecule has 0 aliphatic rings. The average molecular weight is 330 g/mol. The molecule has 2 amide bonds. The Hall–Kier alpha value is -2.27. The highest BCUT2D eigenvalue weighted by atomic mass is 16.4. The molecule has 0 radical (unpaired) electrons. The van der Waals surface area contributed by atoms with Crippen LogP contribution in [-0.2, 0) is 12.8 Å². The van der Waals surface area contributed by atoms with Crippen molar-refractivity contribution in [1.29, 1.82) is 0 Å². The highest BCUT2D eigenvalue weighted by Gasteiger charge is 2.17. The molecule has 1 aromatic heterocycles. The van der Waals surface area contributed by atoms with E-state index in [4.69, 9.17) is 4.42 Å². The summed E-state index contributed by atoms with van der Waals surface area (Å²) in [6.07, 6.45) is 2.89. The molecule has 2 atom stereocenters. The van der Waals surface area contributed by atoms with E-state index in [-0.39, 0.29) is 12.1 Å². The Balaban J connectivity index is 1.95. The van der Waals surface area contributed by atoms with E-state index in [1.165, 1.54) is 6.26 Å². The maximum atomic E-state index is 12.3. The average Bonchev–Trinajstić information content (AvgIpc) is 3.09. The number of para-hydroxylation sites is 1. The summed E-state index contributed by atoms with van der Waals surface area (Å²) in [7, 11) is 0. The Bertz CT molecular complexity index is 630. The summed E-state index contributed by atoms with van der Waals surface area (Å²) in [6.45, 7) is 6.00. The minimum absolute atomic E-state index is 0.191. The van der Waals surface area contributed by atoms with Crippen LogP contribution >= 0.6 is 0 Å². The molecule has 5 nitrogen and oxygen atoms in total. The summed E-state index contributed by atoms with van der Waals surface area (Å²) in [6, 6.07) is 9.08. The third kappa shape index (κ3) is 4.61. The normalized spacial score (nSPS) is 13.3. The summed E-state index contributed by atoms with van der Waals surface area (Å²) in [5.74, 6) is 0.508. The highest BCUT2D eigenvalue weighted by Crippen LogP contribution is 2.23. The fourth-order valence-corrected chi connectivity index (χ4v) is 2.77. The van der Waals surface area contributed by atoms with E-state index in [0.717, 1.165) is 29.7 Å². The Morgan fingerprint density at radius 2 is 1.83 bits per heavy atom. The van der Waals surface area contributed by atoms with Crippen LogP contribution in [0.4, 0.5) is 10.5 Å². The smallest absolute Gasteiger partial charge is 0.319 e. The molecule has 0 saturated carbocycles. The number of furan rings is 1. The van der Waals surface area contributed by atoms with Crippen LogP contribution in [0.15, 0.2) is 41.0 Å². The van der Waals surface area contributed by atoms with Gasteiger partial charge in [0.15, 0.2) is 0 Å². The number of aliphatic hydroxyl groups is 1. The Labute approximate surface area is 143 Å². The zero-order chi connectivity index (χ0) is 17.5. The molecule has 0 fully saturated rings. The zero-order valence-corrected chi connectivity index (χ0v) is 14.5. The fraction of sp³-hybridized carbons (Fsp3) is 0.421. The molecule has 1 heterocycles. The van der Waals surface area contributed by atoms with Crippen LogP contribution in [0.2, 0.25) is 0 Å². The molecule has 0 aliphatic carbocycles. The number of nitrogens with one attached hydrogen (secondary N) is 2. The van der Waals surface area contributed by atoms with Crippen LogP contribution in [-0.4, -0.2) is 17.2 Å². The summed E-state index contributed by atoms with van der Waals surface area (Å²) in [5.41, 5.74) is 3.12. The molecule has 3 N–H and O–H groups in total. The van der Waals surface area contributed by atoms with Gasteiger partial charge in [-0.15, -0.1) is 0 Å². The molecule has 2 aromatic rings. The number of urea groups is 1. The van der Waals surface area contributed by atoms with Crippen LogP contribution in [0.25, 0.3) is 0 Å². The topological polar surface area (TPSA) is 74.5 Å². The molecule has 0 spiro atoms. The van der Waals surface area contributed by atoms with Gasteiger partial charge in [-0.2, -0.15) is 0 Å². The van der Waals surface area contributed by atoms with Gasteiger partial charge in [0.1, 0.15) is 11.9 Å². The minimum atomic E-state index is -0.732. The summed E-state index contributed by atoms with van der Waals surface area (Å²) in [4.78, 5) is 12.3. The molecule has 0 aliphatic heterocycles. The maximum Gasteiger partial charge on any atom is 0.319 e. The first-order valence-electron chi connectivity index (χ1n) is 8.44. The number of benzene rings is 1. The van der Waals surface area contributed by atoms with Crippen molar-refractivity contribution in [2.75, 3.05) is 5.32 Å². The third-order valence-electron chi connectivity index (χ3n) is 4.06. The molecule has 2 unspecified atom stereocenters. The van der Waals surface area contributed by atoms with Crippen molar-refractivity contribution in [3.63, 3.8) is 0 Å². The second-order valence-corrected chi connectivity index (χ2v) is 5.92. The number of aliphatic hydroxyl groups excluding tert-OH is 1. The van der Waals surface area contributed by atoms with Gasteiger partial charge >= 0.3 is 6.03 Å². The second kappa shape index (κ2) is 8.55. The number of carbonyl (C=O) groups is 1. The Morgan fingerprint density at radius 3 is 2.38 bits per heavy atom. The maximum absolute atomic E-state index is 12.3.